The van der Waals surface area contributed by atoms with Crippen LogP contribution in [0.15, 0.2) is 35.9 Å². The quantitative estimate of drug-likeness (QED) is 0.208. The van der Waals surface area contributed by atoms with Crippen LogP contribution in [0, 0.1) is 5.92 Å². The first-order valence-corrected chi connectivity index (χ1v) is 12.1. The molecule has 3 heteroatoms. The molecule has 1 aromatic rings. The summed E-state index contributed by atoms with van der Waals surface area (Å²) in [7, 11) is 0. The first-order valence-electron chi connectivity index (χ1n) is 12.1. The van der Waals surface area contributed by atoms with Gasteiger partial charge in [-0.1, -0.05) is 70.3 Å². The van der Waals surface area contributed by atoms with Crippen molar-refractivity contribution >= 4 is 0 Å². The van der Waals surface area contributed by atoms with Crippen LogP contribution >= 0.6 is 0 Å². The highest BCUT2D eigenvalue weighted by Crippen LogP contribution is 2.48. The van der Waals surface area contributed by atoms with Crippen molar-refractivity contribution in [3.63, 3.8) is 0 Å². The Morgan fingerprint density at radius 2 is 1.94 bits per heavy atom. The van der Waals surface area contributed by atoms with E-state index in [9.17, 15) is 5.11 Å². The lowest BCUT2D eigenvalue weighted by Crippen LogP contribution is -2.21. The molecule has 0 aromatic heterocycles. The zero-order valence-electron chi connectivity index (χ0n) is 20.7. The topological polar surface area (TPSA) is 38.7 Å². The molecule has 0 amide bonds. The number of unbranched alkanes of at least 4 members (excludes halogenated alkanes) is 3. The maximum atomic E-state index is 11.3. The summed E-state index contributed by atoms with van der Waals surface area (Å²) in [4.78, 5) is 0. The van der Waals surface area contributed by atoms with E-state index in [4.69, 9.17) is 9.47 Å². The molecule has 0 fully saturated rings. The number of rotatable bonds is 12. The predicted octanol–water partition coefficient (Wildman–Crippen LogP) is 8.03. The van der Waals surface area contributed by atoms with Crippen molar-refractivity contribution in [2.75, 3.05) is 13.4 Å². The highest BCUT2D eigenvalue weighted by Gasteiger charge is 2.32. The van der Waals surface area contributed by atoms with Crippen LogP contribution < -0.4 is 4.74 Å². The Labute approximate surface area is 190 Å². The third kappa shape index (κ3) is 6.87. The fraction of sp³-hybridized carbons (Fsp3) is 0.643. The summed E-state index contributed by atoms with van der Waals surface area (Å²) in [5.41, 5.74) is 4.49. The van der Waals surface area contributed by atoms with E-state index in [0.29, 0.717) is 18.3 Å². The Morgan fingerprint density at radius 3 is 2.58 bits per heavy atom. The molecule has 0 spiro atoms. The standard InChI is InChI=1S/C28H44O3/c1-8-10-11-12-15-28(6,7)22-17-25(29)27(26(18-22)31-19-30-9-2)24-16-21(5)13-14-23(24)20(3)4/h16-18,23-24,29H,3,8-15,19H2,1-2,4-7H3/t23?,24-/m1/s1. The number of hydrogen-bond donors (Lipinski definition) is 1. The van der Waals surface area contributed by atoms with Gasteiger partial charge in [0.15, 0.2) is 6.79 Å². The lowest BCUT2D eigenvalue weighted by Gasteiger charge is -2.33. The molecule has 0 heterocycles. The molecule has 2 atom stereocenters. The Morgan fingerprint density at radius 1 is 1.19 bits per heavy atom. The van der Waals surface area contributed by atoms with Gasteiger partial charge in [-0.25, -0.2) is 0 Å². The highest BCUT2D eigenvalue weighted by atomic mass is 16.7. The fourth-order valence-corrected chi connectivity index (χ4v) is 4.69. The minimum absolute atomic E-state index is 0.0282. The minimum Gasteiger partial charge on any atom is -0.507 e. The van der Waals surface area contributed by atoms with Crippen molar-refractivity contribution in [1.82, 2.24) is 0 Å². The number of ether oxygens (including phenoxy) is 2. The van der Waals surface area contributed by atoms with Gasteiger partial charge in [-0.3, -0.25) is 0 Å². The normalized spacial score (nSPS) is 19.2. The zero-order valence-corrected chi connectivity index (χ0v) is 20.7. The summed E-state index contributed by atoms with van der Waals surface area (Å²) >= 11 is 0. The Bertz CT molecular complexity index is 760. The maximum Gasteiger partial charge on any atom is 0.189 e. The van der Waals surface area contributed by atoms with E-state index in [1.807, 2.05) is 13.0 Å². The van der Waals surface area contributed by atoms with Gasteiger partial charge >= 0.3 is 0 Å². The van der Waals surface area contributed by atoms with Crippen molar-refractivity contribution in [1.29, 1.82) is 0 Å². The summed E-state index contributed by atoms with van der Waals surface area (Å²) in [6.07, 6.45) is 10.5. The van der Waals surface area contributed by atoms with E-state index in [-0.39, 0.29) is 18.1 Å². The number of benzene rings is 1. The predicted molar refractivity (Wildman–Crippen MR) is 131 cm³/mol. The van der Waals surface area contributed by atoms with Crippen LogP contribution in [0.3, 0.4) is 0 Å². The van der Waals surface area contributed by atoms with Gasteiger partial charge in [-0.15, -0.1) is 0 Å². The Balaban J connectivity index is 2.45. The second-order valence-corrected chi connectivity index (χ2v) is 9.89. The van der Waals surface area contributed by atoms with E-state index < -0.39 is 0 Å². The number of allylic oxidation sites excluding steroid dienone is 3. The molecule has 1 N–H and O–H groups in total. The number of hydrogen-bond acceptors (Lipinski definition) is 3. The summed E-state index contributed by atoms with van der Waals surface area (Å²) in [6, 6.07) is 4.11. The van der Waals surface area contributed by atoms with Crippen LogP contribution in [0.5, 0.6) is 11.5 Å². The second-order valence-electron chi connectivity index (χ2n) is 9.89. The first kappa shape index (κ1) is 25.5. The lowest BCUT2D eigenvalue weighted by atomic mass is 9.72. The van der Waals surface area contributed by atoms with Gasteiger partial charge in [0, 0.05) is 18.1 Å². The number of phenolic OH excluding ortho intramolecular Hbond substituents is 1. The first-order chi connectivity index (χ1) is 14.7. The van der Waals surface area contributed by atoms with E-state index in [0.717, 1.165) is 41.7 Å². The second kappa shape index (κ2) is 11.8. The summed E-state index contributed by atoms with van der Waals surface area (Å²) < 4.78 is 11.6. The molecule has 1 aliphatic carbocycles. The molecule has 0 bridgehead atoms. The van der Waals surface area contributed by atoms with Gasteiger partial charge < -0.3 is 14.6 Å². The monoisotopic (exact) mass is 428 g/mol. The molecule has 174 valence electrons. The molecule has 31 heavy (non-hydrogen) atoms. The number of phenols is 1. The molecular formula is C28H44O3. The van der Waals surface area contributed by atoms with Crippen LogP contribution in [-0.4, -0.2) is 18.5 Å². The van der Waals surface area contributed by atoms with E-state index in [1.54, 1.807) is 0 Å². The van der Waals surface area contributed by atoms with Crippen LogP contribution in [0.2, 0.25) is 0 Å². The fourth-order valence-electron chi connectivity index (χ4n) is 4.69. The molecule has 1 aliphatic rings. The van der Waals surface area contributed by atoms with E-state index >= 15 is 0 Å². The molecule has 2 rings (SSSR count). The molecule has 0 aliphatic heterocycles. The van der Waals surface area contributed by atoms with Crippen LogP contribution in [0.25, 0.3) is 0 Å². The van der Waals surface area contributed by atoms with Crippen molar-refractivity contribution in [3.8, 4) is 11.5 Å². The van der Waals surface area contributed by atoms with Crippen molar-refractivity contribution < 1.29 is 14.6 Å². The SMILES string of the molecule is C=C(C)C1CCC(C)=C[C@H]1c1c(O)cc(C(C)(C)CCCCCC)cc1OCOCC. The van der Waals surface area contributed by atoms with Gasteiger partial charge in [0.05, 0.1) is 0 Å². The molecule has 1 aromatic carbocycles. The number of aromatic hydroxyl groups is 1. The van der Waals surface area contributed by atoms with Gasteiger partial charge in [-0.2, -0.15) is 0 Å². The highest BCUT2D eigenvalue weighted by molar-refractivity contribution is 5.53. The van der Waals surface area contributed by atoms with Crippen LogP contribution in [0.1, 0.15) is 104 Å². The summed E-state index contributed by atoms with van der Waals surface area (Å²) in [6.45, 7) is 18.0. The molecule has 1 unspecified atom stereocenters. The minimum atomic E-state index is -0.0282. The van der Waals surface area contributed by atoms with Crippen LogP contribution in [0.4, 0.5) is 0 Å². The average molecular weight is 429 g/mol. The lowest BCUT2D eigenvalue weighted by molar-refractivity contribution is 0.0213. The molecular weight excluding hydrogens is 384 g/mol. The Hall–Kier alpha value is -1.74. The zero-order chi connectivity index (χ0) is 23.0. The molecule has 0 saturated carbocycles. The van der Waals surface area contributed by atoms with Crippen molar-refractivity contribution in [2.45, 2.75) is 97.8 Å². The van der Waals surface area contributed by atoms with Gasteiger partial charge in [-0.05, 0) is 69.1 Å². The van der Waals surface area contributed by atoms with Gasteiger partial charge in [0.1, 0.15) is 11.5 Å². The summed E-state index contributed by atoms with van der Waals surface area (Å²) in [5.74, 6) is 1.45. The molecule has 3 nitrogen and oxygen atoms in total. The van der Waals surface area contributed by atoms with Crippen molar-refractivity contribution in [3.05, 3.63) is 47.1 Å². The van der Waals surface area contributed by atoms with Crippen molar-refractivity contribution in [2.24, 2.45) is 5.92 Å². The third-order valence-corrected chi connectivity index (χ3v) is 6.77. The summed E-state index contributed by atoms with van der Waals surface area (Å²) in [5, 5.41) is 11.3. The molecule has 0 radical (unpaired) electrons. The van der Waals surface area contributed by atoms with Crippen LogP contribution in [-0.2, 0) is 10.2 Å². The smallest absolute Gasteiger partial charge is 0.189 e. The third-order valence-electron chi connectivity index (χ3n) is 6.77. The van der Waals surface area contributed by atoms with Gasteiger partial charge in [0.25, 0.3) is 0 Å². The maximum absolute atomic E-state index is 11.3. The van der Waals surface area contributed by atoms with E-state index in [2.05, 4.69) is 53.3 Å². The van der Waals surface area contributed by atoms with E-state index in [1.165, 1.54) is 31.3 Å². The molecule has 0 saturated heterocycles. The average Bonchev–Trinajstić information content (AvgIpc) is 2.71. The largest absolute Gasteiger partial charge is 0.507 e. The van der Waals surface area contributed by atoms with Gasteiger partial charge in [0.2, 0.25) is 0 Å². The Kier molecular flexibility index (Phi) is 9.68.